The molecule has 0 amide bonds. The van der Waals surface area contributed by atoms with Gasteiger partial charge < -0.3 is 9.45 Å². The van der Waals surface area contributed by atoms with Crippen molar-refractivity contribution in [3.05, 3.63) is 132 Å². The SMILES string of the molecule is CC(C)C(=O)CCCCC[N+]1=C(/C=C/C=C/C=C/C=C2/N(CCCCS(=O)(=O)[O-])c3cc4ccccc4cc3C2(C)C)C(C)(C)c2cc3ccccc3cc21. The van der Waals surface area contributed by atoms with Gasteiger partial charge in [-0.2, -0.15) is 4.58 Å². The molecule has 4 aromatic carbocycles. The Kier molecular flexibility index (Phi) is 12.1. The van der Waals surface area contributed by atoms with Crippen molar-refractivity contribution >= 4 is 54.5 Å². The molecule has 0 saturated carbocycles. The fraction of sp³-hybridized carbons (Fsp3) is 0.375. The molecule has 0 N–H and O–H groups in total. The van der Waals surface area contributed by atoms with Crippen LogP contribution in [0.25, 0.3) is 21.5 Å². The molecule has 0 aromatic heterocycles. The Morgan fingerprint density at radius 1 is 0.745 bits per heavy atom. The quantitative estimate of drug-likeness (QED) is 0.0492. The van der Waals surface area contributed by atoms with Gasteiger partial charge in [-0.1, -0.05) is 107 Å². The van der Waals surface area contributed by atoms with Crippen LogP contribution in [-0.4, -0.2) is 47.9 Å². The Morgan fingerprint density at radius 3 is 2.00 bits per heavy atom. The van der Waals surface area contributed by atoms with Crippen molar-refractivity contribution in [3.63, 3.8) is 0 Å². The zero-order valence-corrected chi connectivity index (χ0v) is 34.2. The average Bonchev–Trinajstić information content (AvgIpc) is 3.47. The lowest BCUT2D eigenvalue weighted by Gasteiger charge is -2.27. The summed E-state index contributed by atoms with van der Waals surface area (Å²) in [7, 11) is -4.24. The molecule has 6 nitrogen and oxygen atoms in total. The summed E-state index contributed by atoms with van der Waals surface area (Å²) >= 11 is 0. The molecule has 0 bridgehead atoms. The van der Waals surface area contributed by atoms with E-state index in [1.807, 2.05) is 19.9 Å². The zero-order valence-electron chi connectivity index (χ0n) is 33.3. The van der Waals surface area contributed by atoms with Gasteiger partial charge in [-0.25, -0.2) is 8.42 Å². The highest BCUT2D eigenvalue weighted by atomic mass is 32.2. The van der Waals surface area contributed by atoms with Crippen LogP contribution in [0.2, 0.25) is 0 Å². The van der Waals surface area contributed by atoms with E-state index in [1.165, 1.54) is 38.7 Å². The van der Waals surface area contributed by atoms with E-state index in [0.29, 0.717) is 31.6 Å². The molecule has 2 heterocycles. The molecule has 55 heavy (non-hydrogen) atoms. The third-order valence-electron chi connectivity index (χ3n) is 11.4. The molecule has 0 unspecified atom stereocenters. The van der Waals surface area contributed by atoms with Gasteiger partial charge in [0.15, 0.2) is 5.71 Å². The van der Waals surface area contributed by atoms with Crippen LogP contribution in [0.1, 0.15) is 91.2 Å². The lowest BCUT2D eigenvalue weighted by Crippen LogP contribution is -2.27. The minimum Gasteiger partial charge on any atom is -0.748 e. The van der Waals surface area contributed by atoms with Crippen LogP contribution < -0.4 is 4.90 Å². The summed E-state index contributed by atoms with van der Waals surface area (Å²) in [4.78, 5) is 14.5. The van der Waals surface area contributed by atoms with Gasteiger partial charge in [-0.3, -0.25) is 4.79 Å². The summed E-state index contributed by atoms with van der Waals surface area (Å²) in [6, 6.07) is 26.1. The number of carbonyl (C=O) groups is 1. The van der Waals surface area contributed by atoms with Crippen LogP contribution in [0.15, 0.2) is 121 Å². The molecule has 4 aromatic rings. The maximum absolute atomic E-state index is 12.2. The Bertz CT molecular complexity index is 2340. The predicted molar refractivity (Wildman–Crippen MR) is 229 cm³/mol. The van der Waals surface area contributed by atoms with Gasteiger partial charge in [0, 0.05) is 65.6 Å². The number of allylic oxidation sites excluding steroid dienone is 8. The second kappa shape index (κ2) is 16.6. The number of benzene rings is 4. The summed E-state index contributed by atoms with van der Waals surface area (Å²) in [6.07, 6.45) is 19.4. The van der Waals surface area contributed by atoms with E-state index in [0.717, 1.165) is 42.6 Å². The smallest absolute Gasteiger partial charge is 0.210 e. The van der Waals surface area contributed by atoms with Gasteiger partial charge in [-0.05, 0) is 90.9 Å². The second-order valence-corrected chi connectivity index (χ2v) is 18.0. The molecular formula is C48H56N2O4S. The first kappa shape index (κ1) is 40.1. The number of ketones is 1. The summed E-state index contributed by atoms with van der Waals surface area (Å²) in [5.74, 6) is 0.104. The van der Waals surface area contributed by atoms with Crippen molar-refractivity contribution in [2.24, 2.45) is 5.92 Å². The first-order valence-corrected chi connectivity index (χ1v) is 21.4. The van der Waals surface area contributed by atoms with E-state index < -0.39 is 10.1 Å². The minimum atomic E-state index is -4.24. The predicted octanol–water partition coefficient (Wildman–Crippen LogP) is 10.8. The average molecular weight is 757 g/mol. The third kappa shape index (κ3) is 8.95. The molecule has 2 aliphatic rings. The highest BCUT2D eigenvalue weighted by Crippen LogP contribution is 2.49. The van der Waals surface area contributed by atoms with Gasteiger partial charge >= 0.3 is 0 Å². The van der Waals surface area contributed by atoms with E-state index >= 15 is 0 Å². The number of nitrogens with zero attached hydrogens (tertiary/aromatic N) is 2. The third-order valence-corrected chi connectivity index (χ3v) is 12.2. The molecule has 6 rings (SSSR count). The minimum absolute atomic E-state index is 0.0994. The molecule has 0 spiro atoms. The number of Topliss-reactive ketones (excluding diaryl/α,β-unsaturated/α-hetero) is 1. The lowest BCUT2D eigenvalue weighted by atomic mass is 9.80. The van der Waals surface area contributed by atoms with Crippen molar-refractivity contribution < 1.29 is 22.3 Å². The van der Waals surface area contributed by atoms with E-state index in [4.69, 9.17) is 0 Å². The largest absolute Gasteiger partial charge is 0.748 e. The van der Waals surface area contributed by atoms with Crippen LogP contribution in [0.5, 0.6) is 0 Å². The topological polar surface area (TPSA) is 80.5 Å². The zero-order chi connectivity index (χ0) is 39.4. The molecule has 0 fully saturated rings. The van der Waals surface area contributed by atoms with E-state index in [9.17, 15) is 17.8 Å². The molecule has 0 saturated heterocycles. The Hall–Kier alpha value is -4.59. The van der Waals surface area contributed by atoms with Crippen molar-refractivity contribution in [1.82, 2.24) is 0 Å². The van der Waals surface area contributed by atoms with E-state index in [1.54, 1.807) is 0 Å². The number of hydrogen-bond acceptors (Lipinski definition) is 5. The van der Waals surface area contributed by atoms with Crippen LogP contribution in [0, 0.1) is 5.92 Å². The van der Waals surface area contributed by atoms with Gasteiger partial charge in [0.25, 0.3) is 0 Å². The summed E-state index contributed by atoms with van der Waals surface area (Å²) < 4.78 is 36.4. The Labute approximate surface area is 328 Å². The maximum atomic E-state index is 12.2. The molecule has 7 heteroatoms. The van der Waals surface area contributed by atoms with Crippen LogP contribution in [-0.2, 0) is 25.7 Å². The first-order valence-electron chi connectivity index (χ1n) is 19.9. The highest BCUT2D eigenvalue weighted by molar-refractivity contribution is 7.85. The van der Waals surface area contributed by atoms with Crippen molar-refractivity contribution in [1.29, 1.82) is 0 Å². The first-order chi connectivity index (χ1) is 26.2. The number of unbranched alkanes of at least 4 members (excludes halogenated alkanes) is 3. The van der Waals surface area contributed by atoms with Crippen LogP contribution in [0.4, 0.5) is 11.4 Å². The van der Waals surface area contributed by atoms with E-state index in [2.05, 4.69) is 146 Å². The monoisotopic (exact) mass is 756 g/mol. The number of carbonyl (C=O) groups excluding carboxylic acids is 1. The van der Waals surface area contributed by atoms with Crippen LogP contribution >= 0.6 is 0 Å². The Balaban J connectivity index is 1.22. The fourth-order valence-corrected chi connectivity index (χ4v) is 8.82. The lowest BCUT2D eigenvalue weighted by molar-refractivity contribution is -0.438. The number of rotatable bonds is 16. The molecule has 2 aliphatic heterocycles. The molecule has 288 valence electrons. The normalized spacial score (nSPS) is 17.3. The number of fused-ring (bicyclic) bond motifs is 4. The van der Waals surface area contributed by atoms with E-state index in [-0.39, 0.29) is 22.5 Å². The van der Waals surface area contributed by atoms with Crippen molar-refractivity contribution in [3.8, 4) is 0 Å². The molecular weight excluding hydrogens is 701 g/mol. The van der Waals surface area contributed by atoms with Gasteiger partial charge in [0.1, 0.15) is 12.3 Å². The van der Waals surface area contributed by atoms with Crippen LogP contribution in [0.3, 0.4) is 0 Å². The second-order valence-electron chi connectivity index (χ2n) is 16.5. The summed E-state index contributed by atoms with van der Waals surface area (Å²) in [5.41, 5.74) is 6.94. The van der Waals surface area contributed by atoms with Gasteiger partial charge in [-0.15, -0.1) is 0 Å². The Morgan fingerprint density at radius 2 is 1.35 bits per heavy atom. The molecule has 0 aliphatic carbocycles. The van der Waals surface area contributed by atoms with Crippen molar-refractivity contribution in [2.45, 2.75) is 90.9 Å². The molecule has 0 atom stereocenters. The van der Waals surface area contributed by atoms with Gasteiger partial charge in [0.2, 0.25) is 5.69 Å². The van der Waals surface area contributed by atoms with Crippen molar-refractivity contribution in [2.75, 3.05) is 23.7 Å². The highest BCUT2D eigenvalue weighted by Gasteiger charge is 2.44. The number of anilines is 1. The standard InChI is InChI=1S/C48H56N2O4S/c1-35(2)44(51)25-11-10-18-28-49-42-33-38-23-16-14-21-36(38)31-40(42)47(3,4)45(49)26-12-8-7-9-13-27-46-48(5,6)41-32-37-22-15-17-24-39(37)34-43(41)50(46)29-19-20-30-55(52,53)54/h7-9,12-17,21-24,26-27,31-35H,10-11,18-20,25,28-30H2,1-6H3. The molecule has 0 radical (unpaired) electrons. The number of hydrogen-bond donors (Lipinski definition) is 0. The van der Waals surface area contributed by atoms with Gasteiger partial charge in [0.05, 0.1) is 15.5 Å². The summed E-state index contributed by atoms with van der Waals surface area (Å²) in [5, 5.41) is 4.84. The fourth-order valence-electron chi connectivity index (χ4n) is 8.26. The summed E-state index contributed by atoms with van der Waals surface area (Å²) in [6.45, 7) is 14.6. The maximum Gasteiger partial charge on any atom is 0.210 e.